The Kier molecular flexibility index (Phi) is 5.55. The van der Waals surface area contributed by atoms with Crippen LogP contribution in [0.3, 0.4) is 0 Å². The second-order valence-electron chi connectivity index (χ2n) is 5.98. The fraction of sp³-hybridized carbons (Fsp3) is 0.368. The van der Waals surface area contributed by atoms with Crippen molar-refractivity contribution in [3.8, 4) is 0 Å². The van der Waals surface area contributed by atoms with Crippen LogP contribution in [0.5, 0.6) is 0 Å². The molecule has 0 radical (unpaired) electrons. The Morgan fingerprint density at radius 2 is 2.04 bits per heavy atom. The van der Waals surface area contributed by atoms with E-state index in [4.69, 9.17) is 4.74 Å². The summed E-state index contributed by atoms with van der Waals surface area (Å²) in [5.41, 5.74) is 3.36. The molecule has 0 saturated heterocycles. The number of esters is 1. The summed E-state index contributed by atoms with van der Waals surface area (Å²) in [6.45, 7) is 8.66. The highest BCUT2D eigenvalue weighted by Crippen LogP contribution is 2.34. The molecule has 1 N–H and O–H groups in total. The maximum Gasteiger partial charge on any atom is 0.341 e. The molecule has 0 saturated carbocycles. The minimum Gasteiger partial charge on any atom is -0.462 e. The van der Waals surface area contributed by atoms with Gasteiger partial charge in [0.25, 0.3) is 5.91 Å². The smallest absolute Gasteiger partial charge is 0.341 e. The van der Waals surface area contributed by atoms with Gasteiger partial charge in [-0.15, -0.1) is 16.4 Å². The molecule has 0 atom stereocenters. The normalized spacial score (nSPS) is 11.0. The predicted molar refractivity (Wildman–Crippen MR) is 106 cm³/mol. The second-order valence-corrected chi connectivity index (χ2v) is 7.20. The molecule has 2 aromatic heterocycles. The van der Waals surface area contributed by atoms with Crippen molar-refractivity contribution < 1.29 is 14.3 Å². The third-order valence-electron chi connectivity index (χ3n) is 4.34. The van der Waals surface area contributed by atoms with Crippen LogP contribution in [-0.2, 0) is 17.7 Å². The molecular formula is C19H22N4O3S. The molecule has 27 heavy (non-hydrogen) atoms. The highest BCUT2D eigenvalue weighted by Gasteiger charge is 2.24. The van der Waals surface area contributed by atoms with E-state index in [1.165, 1.54) is 11.3 Å². The van der Waals surface area contributed by atoms with Gasteiger partial charge in [0.15, 0.2) is 0 Å². The zero-order valence-electron chi connectivity index (χ0n) is 15.8. The Bertz CT molecular complexity index is 1010. The van der Waals surface area contributed by atoms with Crippen molar-refractivity contribution in [1.82, 2.24) is 15.0 Å². The molecule has 0 unspecified atom stereocenters. The van der Waals surface area contributed by atoms with Crippen molar-refractivity contribution in [3.63, 3.8) is 0 Å². The highest BCUT2D eigenvalue weighted by atomic mass is 32.1. The van der Waals surface area contributed by atoms with Gasteiger partial charge in [-0.3, -0.25) is 4.79 Å². The van der Waals surface area contributed by atoms with Crippen LogP contribution >= 0.6 is 11.3 Å². The van der Waals surface area contributed by atoms with Crippen molar-refractivity contribution in [3.05, 3.63) is 39.8 Å². The summed E-state index contributed by atoms with van der Waals surface area (Å²) in [6.07, 6.45) is 0.693. The van der Waals surface area contributed by atoms with Crippen LogP contribution in [-0.4, -0.2) is 33.5 Å². The van der Waals surface area contributed by atoms with E-state index in [0.29, 0.717) is 34.6 Å². The number of fused-ring (bicyclic) bond motifs is 1. The summed E-state index contributed by atoms with van der Waals surface area (Å²) in [6, 6.07) is 5.27. The fourth-order valence-electron chi connectivity index (χ4n) is 3.03. The lowest BCUT2D eigenvalue weighted by Crippen LogP contribution is -2.15. The number of nitrogens with one attached hydrogen (secondary N) is 1. The van der Waals surface area contributed by atoms with Gasteiger partial charge in [-0.2, -0.15) is 0 Å². The number of benzene rings is 1. The molecule has 0 spiro atoms. The van der Waals surface area contributed by atoms with Crippen LogP contribution in [0.1, 0.15) is 51.9 Å². The topological polar surface area (TPSA) is 86.1 Å². The number of aromatic nitrogens is 3. The molecule has 3 aromatic rings. The van der Waals surface area contributed by atoms with Gasteiger partial charge in [0.2, 0.25) is 0 Å². The van der Waals surface area contributed by atoms with Crippen molar-refractivity contribution in [2.45, 2.75) is 40.7 Å². The van der Waals surface area contributed by atoms with Crippen LogP contribution in [0, 0.1) is 6.92 Å². The maximum atomic E-state index is 12.8. The first-order valence-electron chi connectivity index (χ1n) is 8.94. The zero-order valence-corrected chi connectivity index (χ0v) is 16.6. The molecule has 1 amide bonds. The van der Waals surface area contributed by atoms with Crippen molar-refractivity contribution in [2.24, 2.45) is 0 Å². The Hall–Kier alpha value is -2.74. The number of nitrogens with zero attached hydrogens (tertiary/aromatic N) is 3. The molecule has 0 aliphatic carbocycles. The van der Waals surface area contributed by atoms with Gasteiger partial charge in [0, 0.05) is 17.0 Å². The van der Waals surface area contributed by atoms with Gasteiger partial charge in [-0.05, 0) is 51.0 Å². The van der Waals surface area contributed by atoms with E-state index < -0.39 is 5.97 Å². The molecule has 2 heterocycles. The average Bonchev–Trinajstić information content (AvgIpc) is 3.21. The van der Waals surface area contributed by atoms with Gasteiger partial charge < -0.3 is 10.1 Å². The number of carbonyl (C=O) groups excluding carboxylic acids is 2. The summed E-state index contributed by atoms with van der Waals surface area (Å²) in [4.78, 5) is 26.2. The molecule has 0 bridgehead atoms. The summed E-state index contributed by atoms with van der Waals surface area (Å²) < 4.78 is 6.95. The number of hydrogen-bond donors (Lipinski definition) is 1. The SMILES string of the molecule is CCOC(=O)c1c(NC(=O)c2ccc3c(c2)nnn3CC)sc(C)c1CC. The first kappa shape index (κ1) is 19.0. The van der Waals surface area contributed by atoms with Crippen LogP contribution in [0.15, 0.2) is 18.2 Å². The Morgan fingerprint density at radius 1 is 1.26 bits per heavy atom. The van der Waals surface area contributed by atoms with E-state index in [1.54, 1.807) is 23.7 Å². The molecule has 0 fully saturated rings. The number of anilines is 1. The van der Waals surface area contributed by atoms with Gasteiger partial charge in [0.1, 0.15) is 10.5 Å². The van der Waals surface area contributed by atoms with Crippen LogP contribution in [0.4, 0.5) is 5.00 Å². The summed E-state index contributed by atoms with van der Waals surface area (Å²) in [7, 11) is 0. The van der Waals surface area contributed by atoms with E-state index in [2.05, 4.69) is 15.6 Å². The number of aryl methyl sites for hydroxylation is 2. The third kappa shape index (κ3) is 3.57. The molecule has 142 valence electrons. The van der Waals surface area contributed by atoms with Gasteiger partial charge in [0.05, 0.1) is 17.7 Å². The van der Waals surface area contributed by atoms with Crippen molar-refractivity contribution in [2.75, 3.05) is 11.9 Å². The molecule has 0 aliphatic heterocycles. The molecular weight excluding hydrogens is 364 g/mol. The Labute approximate surface area is 161 Å². The fourth-order valence-corrected chi connectivity index (χ4v) is 4.16. The number of carbonyl (C=O) groups is 2. The first-order chi connectivity index (χ1) is 13.0. The lowest BCUT2D eigenvalue weighted by Gasteiger charge is -2.08. The number of thiophene rings is 1. The van der Waals surface area contributed by atoms with Gasteiger partial charge in [-0.1, -0.05) is 12.1 Å². The number of rotatable bonds is 6. The molecule has 1 aromatic carbocycles. The van der Waals surface area contributed by atoms with Crippen LogP contribution in [0.25, 0.3) is 11.0 Å². The van der Waals surface area contributed by atoms with E-state index in [0.717, 1.165) is 16.0 Å². The first-order valence-corrected chi connectivity index (χ1v) is 9.75. The van der Waals surface area contributed by atoms with Crippen LogP contribution < -0.4 is 5.32 Å². The monoisotopic (exact) mass is 386 g/mol. The third-order valence-corrected chi connectivity index (χ3v) is 5.41. The minimum absolute atomic E-state index is 0.286. The van der Waals surface area contributed by atoms with E-state index in [9.17, 15) is 9.59 Å². The quantitative estimate of drug-likeness (QED) is 0.651. The summed E-state index contributed by atoms with van der Waals surface area (Å²) in [5, 5.41) is 11.6. The van der Waals surface area contributed by atoms with E-state index in [1.807, 2.05) is 26.8 Å². The van der Waals surface area contributed by atoms with Gasteiger partial charge in [-0.25, -0.2) is 9.48 Å². The van der Waals surface area contributed by atoms with Crippen molar-refractivity contribution >= 4 is 39.2 Å². The number of hydrogen-bond acceptors (Lipinski definition) is 6. The zero-order chi connectivity index (χ0) is 19.6. The maximum absolute atomic E-state index is 12.8. The molecule has 0 aliphatic rings. The van der Waals surface area contributed by atoms with Crippen LogP contribution in [0.2, 0.25) is 0 Å². The number of ether oxygens (including phenoxy) is 1. The minimum atomic E-state index is -0.407. The molecule has 8 heteroatoms. The van der Waals surface area contributed by atoms with E-state index >= 15 is 0 Å². The predicted octanol–water partition coefficient (Wildman–Crippen LogP) is 3.81. The Balaban J connectivity index is 1.93. The second kappa shape index (κ2) is 7.87. The standard InChI is InChI=1S/C19H22N4O3S/c1-5-13-11(4)27-18(16(13)19(25)26-7-3)20-17(24)12-8-9-15-14(10-12)21-22-23(15)6-2/h8-10H,5-7H2,1-4H3,(H,20,24). The lowest BCUT2D eigenvalue weighted by molar-refractivity contribution is 0.0527. The summed E-state index contributed by atoms with van der Waals surface area (Å²) in [5.74, 6) is -0.701. The molecule has 3 rings (SSSR count). The average molecular weight is 386 g/mol. The largest absolute Gasteiger partial charge is 0.462 e. The summed E-state index contributed by atoms with van der Waals surface area (Å²) >= 11 is 1.39. The van der Waals surface area contributed by atoms with Gasteiger partial charge >= 0.3 is 5.97 Å². The van der Waals surface area contributed by atoms with E-state index in [-0.39, 0.29) is 12.5 Å². The highest BCUT2D eigenvalue weighted by molar-refractivity contribution is 7.16. The van der Waals surface area contributed by atoms with Crippen molar-refractivity contribution in [1.29, 1.82) is 0 Å². The lowest BCUT2D eigenvalue weighted by atomic mass is 10.1. The Morgan fingerprint density at radius 3 is 2.70 bits per heavy atom. The molecule has 7 nitrogen and oxygen atoms in total. The number of amides is 1.